The summed E-state index contributed by atoms with van der Waals surface area (Å²) in [5, 5.41) is 0. The molecular formula is C12H11IO2. The second kappa shape index (κ2) is 4.70. The van der Waals surface area contributed by atoms with E-state index in [-0.39, 0.29) is 0 Å². The van der Waals surface area contributed by atoms with E-state index < -0.39 is 0 Å². The monoisotopic (exact) mass is 314 g/mol. The molecule has 0 aliphatic rings. The minimum Gasteiger partial charge on any atom is -0.461 e. The van der Waals surface area contributed by atoms with Crippen LogP contribution in [0.5, 0.6) is 5.75 Å². The number of furan rings is 1. The average molecular weight is 314 g/mol. The van der Waals surface area contributed by atoms with Gasteiger partial charge in [-0.05, 0) is 36.4 Å². The summed E-state index contributed by atoms with van der Waals surface area (Å²) in [6.45, 7) is 2.08. The SMILES string of the molecule is CCc1ccc(-c2ccc(OI)cc2)o1. The number of halogens is 1. The molecule has 0 aliphatic carbocycles. The van der Waals surface area contributed by atoms with Crippen molar-refractivity contribution in [1.29, 1.82) is 0 Å². The first-order chi connectivity index (χ1) is 7.33. The molecule has 0 N–H and O–H groups in total. The summed E-state index contributed by atoms with van der Waals surface area (Å²) in [7, 11) is 0. The van der Waals surface area contributed by atoms with Gasteiger partial charge < -0.3 is 7.48 Å². The Balaban J connectivity index is 2.28. The van der Waals surface area contributed by atoms with Gasteiger partial charge in [-0.1, -0.05) is 6.92 Å². The van der Waals surface area contributed by atoms with Crippen molar-refractivity contribution < 1.29 is 7.48 Å². The summed E-state index contributed by atoms with van der Waals surface area (Å²) in [5.74, 6) is 2.77. The molecule has 2 aromatic rings. The lowest BCUT2D eigenvalue weighted by Gasteiger charge is -1.99. The van der Waals surface area contributed by atoms with Crippen LogP contribution in [0.15, 0.2) is 40.8 Å². The molecule has 1 aromatic carbocycles. The van der Waals surface area contributed by atoms with Gasteiger partial charge in [0.05, 0.1) is 0 Å². The van der Waals surface area contributed by atoms with E-state index in [9.17, 15) is 0 Å². The van der Waals surface area contributed by atoms with Crippen molar-refractivity contribution in [2.75, 3.05) is 0 Å². The molecule has 78 valence electrons. The van der Waals surface area contributed by atoms with Gasteiger partial charge in [-0.2, -0.15) is 0 Å². The quantitative estimate of drug-likeness (QED) is 0.791. The molecule has 0 spiro atoms. The lowest BCUT2D eigenvalue weighted by atomic mass is 10.2. The molecular weight excluding hydrogens is 303 g/mol. The van der Waals surface area contributed by atoms with Crippen molar-refractivity contribution >= 4 is 23.0 Å². The zero-order valence-corrected chi connectivity index (χ0v) is 10.5. The van der Waals surface area contributed by atoms with Gasteiger partial charge in [0.1, 0.15) is 17.3 Å². The summed E-state index contributed by atoms with van der Waals surface area (Å²) in [6.07, 6.45) is 0.926. The minimum absolute atomic E-state index is 0.849. The predicted octanol–water partition coefficient (Wildman–Crippen LogP) is 4.24. The molecule has 0 atom stereocenters. The predicted molar refractivity (Wildman–Crippen MR) is 68.2 cm³/mol. The molecule has 15 heavy (non-hydrogen) atoms. The summed E-state index contributed by atoms with van der Waals surface area (Å²) in [4.78, 5) is 0. The average Bonchev–Trinajstić information content (AvgIpc) is 2.78. The van der Waals surface area contributed by atoms with Crippen molar-refractivity contribution in [1.82, 2.24) is 0 Å². The first-order valence-corrected chi connectivity index (χ1v) is 5.69. The van der Waals surface area contributed by atoms with E-state index in [1.54, 1.807) is 0 Å². The lowest BCUT2D eigenvalue weighted by Crippen LogP contribution is -1.76. The van der Waals surface area contributed by atoms with Crippen molar-refractivity contribution in [3.8, 4) is 17.1 Å². The Morgan fingerprint density at radius 3 is 2.40 bits per heavy atom. The zero-order valence-electron chi connectivity index (χ0n) is 8.37. The van der Waals surface area contributed by atoms with Crippen LogP contribution in [0.1, 0.15) is 12.7 Å². The Bertz CT molecular complexity index is 431. The van der Waals surface area contributed by atoms with Gasteiger partial charge in [-0.15, -0.1) is 0 Å². The Morgan fingerprint density at radius 1 is 1.13 bits per heavy atom. The smallest absolute Gasteiger partial charge is 0.192 e. The zero-order chi connectivity index (χ0) is 10.7. The molecule has 1 aromatic heterocycles. The van der Waals surface area contributed by atoms with Gasteiger partial charge in [-0.25, -0.2) is 0 Å². The standard InChI is InChI=1S/C12H11IO2/c1-2-10-7-8-12(14-10)9-3-5-11(15-13)6-4-9/h3-8H,2H2,1H3. The van der Waals surface area contributed by atoms with Gasteiger partial charge in [0.15, 0.2) is 23.0 Å². The van der Waals surface area contributed by atoms with Crippen LogP contribution in [-0.4, -0.2) is 0 Å². The molecule has 0 saturated heterocycles. The number of hydrogen-bond donors (Lipinski definition) is 0. The van der Waals surface area contributed by atoms with Gasteiger partial charge in [0.2, 0.25) is 0 Å². The lowest BCUT2D eigenvalue weighted by molar-refractivity contribution is 0.529. The molecule has 1 heterocycles. The summed E-state index contributed by atoms with van der Waals surface area (Å²) in [6, 6.07) is 11.8. The fourth-order valence-corrected chi connectivity index (χ4v) is 1.69. The molecule has 2 nitrogen and oxygen atoms in total. The van der Waals surface area contributed by atoms with Gasteiger partial charge in [0, 0.05) is 12.0 Å². The number of benzene rings is 1. The van der Waals surface area contributed by atoms with E-state index in [1.807, 2.05) is 59.4 Å². The number of hydrogen-bond acceptors (Lipinski definition) is 2. The summed E-state index contributed by atoms with van der Waals surface area (Å²) in [5.41, 5.74) is 1.08. The van der Waals surface area contributed by atoms with E-state index in [1.165, 1.54) is 0 Å². The molecule has 0 radical (unpaired) electrons. The highest BCUT2D eigenvalue weighted by molar-refractivity contribution is 14.1. The summed E-state index contributed by atoms with van der Waals surface area (Å²) < 4.78 is 10.7. The maximum atomic E-state index is 5.65. The molecule has 0 saturated carbocycles. The van der Waals surface area contributed by atoms with E-state index in [2.05, 4.69) is 6.92 Å². The van der Waals surface area contributed by atoms with Crippen molar-refractivity contribution in [3.05, 3.63) is 42.2 Å². The summed E-state index contributed by atoms with van der Waals surface area (Å²) >= 11 is 1.87. The highest BCUT2D eigenvalue weighted by atomic mass is 127. The largest absolute Gasteiger partial charge is 0.461 e. The number of rotatable bonds is 3. The fraction of sp³-hybridized carbons (Fsp3) is 0.167. The van der Waals surface area contributed by atoms with E-state index in [0.717, 1.165) is 29.3 Å². The third-order valence-electron chi connectivity index (χ3n) is 2.24. The van der Waals surface area contributed by atoms with Gasteiger partial charge in [0.25, 0.3) is 0 Å². The van der Waals surface area contributed by atoms with Gasteiger partial charge in [-0.3, -0.25) is 0 Å². The van der Waals surface area contributed by atoms with Crippen LogP contribution in [0, 0.1) is 0 Å². The Kier molecular flexibility index (Phi) is 3.30. The molecule has 3 heteroatoms. The molecule has 0 aliphatic heterocycles. The minimum atomic E-state index is 0.849. The van der Waals surface area contributed by atoms with Crippen LogP contribution >= 0.6 is 23.0 Å². The van der Waals surface area contributed by atoms with Crippen LogP contribution in [-0.2, 0) is 6.42 Å². The van der Waals surface area contributed by atoms with Crippen LogP contribution < -0.4 is 3.07 Å². The normalized spacial score (nSPS) is 10.3. The highest BCUT2D eigenvalue weighted by Crippen LogP contribution is 2.25. The van der Waals surface area contributed by atoms with Crippen LogP contribution in [0.3, 0.4) is 0 Å². The van der Waals surface area contributed by atoms with E-state index in [4.69, 9.17) is 7.48 Å². The van der Waals surface area contributed by atoms with Crippen molar-refractivity contribution in [2.24, 2.45) is 0 Å². The third kappa shape index (κ3) is 2.34. The second-order valence-electron chi connectivity index (χ2n) is 3.22. The van der Waals surface area contributed by atoms with Crippen molar-refractivity contribution in [3.63, 3.8) is 0 Å². The molecule has 0 bridgehead atoms. The topological polar surface area (TPSA) is 22.4 Å². The Labute approximate surface area is 103 Å². The van der Waals surface area contributed by atoms with Crippen LogP contribution in [0.4, 0.5) is 0 Å². The first kappa shape index (κ1) is 10.5. The highest BCUT2D eigenvalue weighted by Gasteiger charge is 2.03. The Morgan fingerprint density at radius 2 is 1.87 bits per heavy atom. The second-order valence-corrected chi connectivity index (χ2v) is 3.66. The van der Waals surface area contributed by atoms with Crippen LogP contribution in [0.25, 0.3) is 11.3 Å². The molecule has 0 unspecified atom stereocenters. The van der Waals surface area contributed by atoms with Crippen LogP contribution in [0.2, 0.25) is 0 Å². The third-order valence-corrected chi connectivity index (χ3v) is 2.75. The van der Waals surface area contributed by atoms with E-state index >= 15 is 0 Å². The first-order valence-electron chi connectivity index (χ1n) is 4.81. The molecule has 2 rings (SSSR count). The fourth-order valence-electron chi connectivity index (χ4n) is 1.39. The van der Waals surface area contributed by atoms with E-state index in [0.29, 0.717) is 0 Å². The maximum Gasteiger partial charge on any atom is 0.192 e. The number of aryl methyl sites for hydroxylation is 1. The van der Waals surface area contributed by atoms with Gasteiger partial charge >= 0.3 is 0 Å². The molecule has 0 fully saturated rings. The maximum absolute atomic E-state index is 5.65. The molecule has 0 amide bonds. The Hall–Kier alpha value is -0.970. The van der Waals surface area contributed by atoms with Crippen molar-refractivity contribution in [2.45, 2.75) is 13.3 Å².